The molecular weight excluding hydrogens is 396 g/mol. The third-order valence-corrected chi connectivity index (χ3v) is 7.09. The van der Waals surface area contributed by atoms with Crippen molar-refractivity contribution in [2.75, 3.05) is 26.2 Å². The number of ether oxygens (including phenoxy) is 1. The number of nitrogens with zero attached hydrogens (tertiary/aromatic N) is 2. The van der Waals surface area contributed by atoms with Crippen LogP contribution in [0.1, 0.15) is 24.0 Å². The Hall–Kier alpha value is -2.15. The minimum Gasteiger partial charge on any atom is -0.476 e. The lowest BCUT2D eigenvalue weighted by atomic mass is 10.0. The molecule has 0 amide bonds. The van der Waals surface area contributed by atoms with Crippen molar-refractivity contribution in [1.29, 1.82) is 0 Å². The van der Waals surface area contributed by atoms with E-state index in [1.807, 2.05) is 24.3 Å². The van der Waals surface area contributed by atoms with E-state index >= 15 is 0 Å². The van der Waals surface area contributed by atoms with E-state index in [0.717, 1.165) is 30.5 Å². The first-order valence-corrected chi connectivity index (χ1v) is 11.1. The number of sulfonamides is 1. The van der Waals surface area contributed by atoms with Crippen molar-refractivity contribution in [2.24, 2.45) is 4.99 Å². The molecule has 4 rings (SSSR count). The largest absolute Gasteiger partial charge is 0.476 e. The second-order valence-electron chi connectivity index (χ2n) is 6.82. The summed E-state index contributed by atoms with van der Waals surface area (Å²) in [4.78, 5) is 4.61. The average molecular weight is 417 g/mol. The first-order chi connectivity index (χ1) is 13.5. The SMILES string of the molecule is O=S(=O)(c1ccc(Cl)cc1)N1CCC(=Cc2ccc(C3=NCCO3)cc2)CC1. The van der Waals surface area contributed by atoms with Gasteiger partial charge in [-0.3, -0.25) is 0 Å². The first-order valence-electron chi connectivity index (χ1n) is 9.25. The van der Waals surface area contributed by atoms with Gasteiger partial charge in [-0.1, -0.05) is 35.4 Å². The lowest BCUT2D eigenvalue weighted by Crippen LogP contribution is -2.36. The van der Waals surface area contributed by atoms with E-state index in [1.165, 1.54) is 5.57 Å². The zero-order chi connectivity index (χ0) is 19.6. The van der Waals surface area contributed by atoms with Crippen LogP contribution in [-0.2, 0) is 14.8 Å². The molecule has 2 aliphatic rings. The molecule has 0 spiro atoms. The maximum absolute atomic E-state index is 12.8. The standard InChI is InChI=1S/C21H21ClN2O3S/c22-19-5-7-20(8-6-19)28(25,26)24-12-9-17(10-13-24)15-16-1-3-18(4-2-16)21-23-11-14-27-21/h1-8,15H,9-14H2. The molecule has 0 saturated carbocycles. The van der Waals surface area contributed by atoms with Gasteiger partial charge in [-0.2, -0.15) is 4.31 Å². The summed E-state index contributed by atoms with van der Waals surface area (Å²) in [6.07, 6.45) is 3.60. The molecule has 0 unspecified atom stereocenters. The highest BCUT2D eigenvalue weighted by molar-refractivity contribution is 7.89. The van der Waals surface area contributed by atoms with Gasteiger partial charge >= 0.3 is 0 Å². The Morgan fingerprint density at radius 1 is 1.00 bits per heavy atom. The molecule has 2 aliphatic heterocycles. The Balaban J connectivity index is 1.41. The van der Waals surface area contributed by atoms with Crippen LogP contribution in [0.15, 0.2) is 64.0 Å². The van der Waals surface area contributed by atoms with E-state index in [2.05, 4.69) is 11.1 Å². The van der Waals surface area contributed by atoms with Crippen LogP contribution in [0, 0.1) is 0 Å². The van der Waals surface area contributed by atoms with Crippen molar-refractivity contribution in [1.82, 2.24) is 4.31 Å². The van der Waals surface area contributed by atoms with Crippen molar-refractivity contribution in [2.45, 2.75) is 17.7 Å². The van der Waals surface area contributed by atoms with Crippen molar-refractivity contribution >= 4 is 33.6 Å². The Labute approximate surface area is 170 Å². The monoisotopic (exact) mass is 416 g/mol. The molecule has 7 heteroatoms. The quantitative estimate of drug-likeness (QED) is 0.757. The minimum absolute atomic E-state index is 0.289. The summed E-state index contributed by atoms with van der Waals surface area (Å²) in [5.74, 6) is 0.708. The van der Waals surface area contributed by atoms with E-state index in [0.29, 0.717) is 30.6 Å². The number of halogens is 1. The van der Waals surface area contributed by atoms with E-state index in [4.69, 9.17) is 16.3 Å². The number of piperidine rings is 1. The maximum Gasteiger partial charge on any atom is 0.243 e. The lowest BCUT2D eigenvalue weighted by molar-refractivity contribution is 0.348. The summed E-state index contributed by atoms with van der Waals surface area (Å²) in [5.41, 5.74) is 3.35. The molecule has 0 bridgehead atoms. The van der Waals surface area contributed by atoms with Crippen molar-refractivity contribution in [3.05, 3.63) is 70.3 Å². The first kappa shape index (κ1) is 19.2. The van der Waals surface area contributed by atoms with Gasteiger partial charge < -0.3 is 4.74 Å². The van der Waals surface area contributed by atoms with Gasteiger partial charge in [0.15, 0.2) is 0 Å². The Kier molecular flexibility index (Phi) is 5.53. The molecule has 0 aliphatic carbocycles. The molecule has 5 nitrogen and oxygen atoms in total. The van der Waals surface area contributed by atoms with E-state index < -0.39 is 10.0 Å². The van der Waals surface area contributed by atoms with Gasteiger partial charge in [-0.05, 0) is 54.8 Å². The van der Waals surface area contributed by atoms with Crippen LogP contribution < -0.4 is 0 Å². The second kappa shape index (κ2) is 8.07. The number of hydrogen-bond donors (Lipinski definition) is 0. The smallest absolute Gasteiger partial charge is 0.243 e. The van der Waals surface area contributed by atoms with Gasteiger partial charge in [-0.25, -0.2) is 13.4 Å². The lowest BCUT2D eigenvalue weighted by Gasteiger charge is -2.27. The van der Waals surface area contributed by atoms with Crippen LogP contribution in [0.25, 0.3) is 6.08 Å². The Bertz CT molecular complexity index is 1000. The topological polar surface area (TPSA) is 59.0 Å². The van der Waals surface area contributed by atoms with E-state index in [9.17, 15) is 8.42 Å². The number of aliphatic imine (C=N–C) groups is 1. The summed E-state index contributed by atoms with van der Waals surface area (Å²) in [7, 11) is -3.47. The van der Waals surface area contributed by atoms with Crippen molar-refractivity contribution in [3.63, 3.8) is 0 Å². The van der Waals surface area contributed by atoms with Crippen molar-refractivity contribution in [3.8, 4) is 0 Å². The molecule has 0 N–H and O–H groups in total. The summed E-state index contributed by atoms with van der Waals surface area (Å²) >= 11 is 5.86. The predicted molar refractivity (Wildman–Crippen MR) is 111 cm³/mol. The van der Waals surface area contributed by atoms with Gasteiger partial charge in [0.05, 0.1) is 11.4 Å². The van der Waals surface area contributed by atoms with Gasteiger partial charge in [0.2, 0.25) is 15.9 Å². The molecule has 0 aromatic heterocycles. The number of benzene rings is 2. The zero-order valence-electron chi connectivity index (χ0n) is 15.3. The second-order valence-corrected chi connectivity index (χ2v) is 9.19. The van der Waals surface area contributed by atoms with Gasteiger partial charge in [0.25, 0.3) is 0 Å². The molecule has 2 aromatic rings. The predicted octanol–water partition coefficient (Wildman–Crippen LogP) is 3.98. The fourth-order valence-corrected chi connectivity index (χ4v) is 4.95. The van der Waals surface area contributed by atoms with Crippen molar-refractivity contribution < 1.29 is 13.2 Å². The maximum atomic E-state index is 12.8. The molecule has 0 radical (unpaired) electrons. The van der Waals surface area contributed by atoms with Gasteiger partial charge in [0, 0.05) is 23.7 Å². The third kappa shape index (κ3) is 4.14. The zero-order valence-corrected chi connectivity index (χ0v) is 16.9. The number of hydrogen-bond acceptors (Lipinski definition) is 4. The summed E-state index contributed by atoms with van der Waals surface area (Å²) in [6.45, 7) is 2.34. The minimum atomic E-state index is -3.47. The molecule has 0 atom stereocenters. The summed E-state index contributed by atoms with van der Waals surface area (Å²) in [6, 6.07) is 14.4. The van der Waals surface area contributed by atoms with Crippen LogP contribution in [0.3, 0.4) is 0 Å². The molecule has 1 fully saturated rings. The summed E-state index contributed by atoms with van der Waals surface area (Å²) in [5, 5.41) is 0.528. The average Bonchev–Trinajstić information content (AvgIpc) is 3.24. The van der Waals surface area contributed by atoms with E-state index in [1.54, 1.807) is 28.6 Å². The third-order valence-electron chi connectivity index (χ3n) is 4.93. The van der Waals surface area contributed by atoms with Crippen LogP contribution in [0.5, 0.6) is 0 Å². The van der Waals surface area contributed by atoms with Crippen LogP contribution >= 0.6 is 11.6 Å². The van der Waals surface area contributed by atoms with Crippen LogP contribution in [0.4, 0.5) is 0 Å². The highest BCUT2D eigenvalue weighted by Gasteiger charge is 2.27. The molecule has 2 heterocycles. The van der Waals surface area contributed by atoms with Gasteiger partial charge in [-0.15, -0.1) is 0 Å². The van der Waals surface area contributed by atoms with E-state index in [-0.39, 0.29) is 4.90 Å². The molecule has 2 aromatic carbocycles. The highest BCUT2D eigenvalue weighted by atomic mass is 35.5. The summed E-state index contributed by atoms with van der Waals surface area (Å²) < 4.78 is 32.6. The Morgan fingerprint density at radius 3 is 2.29 bits per heavy atom. The molecule has 1 saturated heterocycles. The number of rotatable bonds is 4. The molecular formula is C21H21ClN2O3S. The highest BCUT2D eigenvalue weighted by Crippen LogP contribution is 2.25. The molecule has 28 heavy (non-hydrogen) atoms. The van der Waals surface area contributed by atoms with Crippen LogP contribution in [0.2, 0.25) is 5.02 Å². The fraction of sp³-hybridized carbons (Fsp3) is 0.286. The van der Waals surface area contributed by atoms with Crippen LogP contribution in [-0.4, -0.2) is 44.9 Å². The fourth-order valence-electron chi connectivity index (χ4n) is 3.38. The normalized spacial score (nSPS) is 17.9. The molecule has 146 valence electrons. The Morgan fingerprint density at radius 2 is 1.68 bits per heavy atom. The van der Waals surface area contributed by atoms with Gasteiger partial charge in [0.1, 0.15) is 6.61 Å².